The number of likely N-dealkylation sites (tertiary alicyclic amines) is 1. The minimum atomic E-state index is -2.85. The van der Waals surface area contributed by atoms with E-state index in [4.69, 9.17) is 9.72 Å². The van der Waals surface area contributed by atoms with Gasteiger partial charge in [0, 0.05) is 71.8 Å². The van der Waals surface area contributed by atoms with Crippen molar-refractivity contribution in [3.63, 3.8) is 0 Å². The molecule has 4 fully saturated rings. The molecule has 63 heavy (non-hydrogen) atoms. The molecule has 9 rings (SSSR count). The van der Waals surface area contributed by atoms with Gasteiger partial charge in [-0.15, -0.1) is 0 Å². The first-order valence-electron chi connectivity index (χ1n) is 22.4. The summed E-state index contributed by atoms with van der Waals surface area (Å²) < 4.78 is 41.0. The zero-order valence-corrected chi connectivity index (χ0v) is 35.7. The highest BCUT2D eigenvalue weighted by Crippen LogP contribution is 2.36. The lowest BCUT2D eigenvalue weighted by Gasteiger charge is -2.36. The van der Waals surface area contributed by atoms with Gasteiger partial charge >= 0.3 is 5.69 Å². The summed E-state index contributed by atoms with van der Waals surface area (Å²) in [6, 6.07) is 6.92. The Morgan fingerprint density at radius 1 is 0.984 bits per heavy atom. The predicted octanol–water partition coefficient (Wildman–Crippen LogP) is 4.25. The Hall–Kier alpha value is -5.53. The zero-order valence-electron chi connectivity index (χ0n) is 35.7. The smallest absolute Gasteiger partial charge is 0.329 e. The Morgan fingerprint density at radius 2 is 1.78 bits per heavy atom. The number of carbonyl (C=O) groups is 3. The number of halogens is 2. The molecule has 1 aliphatic carbocycles. The van der Waals surface area contributed by atoms with Gasteiger partial charge in [0.15, 0.2) is 11.3 Å². The number of rotatable bonds is 14. The van der Waals surface area contributed by atoms with Crippen molar-refractivity contribution in [2.45, 2.75) is 82.7 Å². The lowest BCUT2D eigenvalue weighted by Crippen LogP contribution is -2.44. The van der Waals surface area contributed by atoms with Crippen LogP contribution in [0.15, 0.2) is 47.7 Å². The van der Waals surface area contributed by atoms with Gasteiger partial charge < -0.3 is 25.2 Å². The number of alkyl halides is 2. The quantitative estimate of drug-likeness (QED) is 0.107. The van der Waals surface area contributed by atoms with Gasteiger partial charge in [0.1, 0.15) is 17.4 Å². The van der Waals surface area contributed by atoms with Crippen molar-refractivity contribution in [3.05, 3.63) is 70.2 Å². The van der Waals surface area contributed by atoms with E-state index >= 15 is 0 Å². The first-order chi connectivity index (χ1) is 30.6. The van der Waals surface area contributed by atoms with E-state index in [9.17, 15) is 28.0 Å². The molecule has 1 saturated carbocycles. The minimum absolute atomic E-state index is 0.00607. The summed E-state index contributed by atoms with van der Waals surface area (Å²) in [6.45, 7) is 7.65. The van der Waals surface area contributed by atoms with Crippen LogP contribution in [0.5, 0.6) is 0 Å². The molecule has 4 aliphatic rings. The van der Waals surface area contributed by atoms with E-state index in [1.54, 1.807) is 28.7 Å². The van der Waals surface area contributed by atoms with Crippen LogP contribution < -0.4 is 26.5 Å². The van der Waals surface area contributed by atoms with E-state index in [0.29, 0.717) is 42.6 Å². The number of ether oxygens (including phenoxy) is 1. The number of fused-ring (bicyclic) bond motifs is 2. The largest absolute Gasteiger partial charge is 0.381 e. The molecular formula is C44H56F2N12O5. The number of nitrogens with one attached hydrogen (secondary N) is 3. The number of carbonyl (C=O) groups excluding carboxylic acids is 3. The average Bonchev–Trinajstić information content (AvgIpc) is 3.99. The highest BCUT2D eigenvalue weighted by Gasteiger charge is 2.33. The lowest BCUT2D eigenvalue weighted by molar-refractivity contribution is -0.135. The van der Waals surface area contributed by atoms with Gasteiger partial charge in [-0.3, -0.25) is 33.5 Å². The number of aromatic nitrogens is 7. The third-order valence-electron chi connectivity index (χ3n) is 13.5. The third-order valence-corrected chi connectivity index (χ3v) is 13.5. The maximum Gasteiger partial charge on any atom is 0.329 e. The molecule has 3 aliphatic heterocycles. The Balaban J connectivity index is 0.712. The molecule has 0 spiro atoms. The molecule has 336 valence electrons. The number of imide groups is 1. The van der Waals surface area contributed by atoms with Gasteiger partial charge in [-0.25, -0.2) is 23.1 Å². The predicted molar refractivity (Wildman–Crippen MR) is 231 cm³/mol. The Bertz CT molecular complexity index is 2510. The van der Waals surface area contributed by atoms with Crippen LogP contribution >= 0.6 is 0 Å². The van der Waals surface area contributed by atoms with Crippen LogP contribution in [0.2, 0.25) is 0 Å². The maximum absolute atomic E-state index is 14.3. The maximum atomic E-state index is 14.3. The van der Waals surface area contributed by atoms with E-state index in [0.717, 1.165) is 114 Å². The number of aryl methyl sites for hydroxylation is 2. The fraction of sp³-hybridized carbons (Fsp3) is 0.568. The van der Waals surface area contributed by atoms with Crippen molar-refractivity contribution in [1.29, 1.82) is 0 Å². The van der Waals surface area contributed by atoms with Gasteiger partial charge in [0.05, 0.1) is 29.0 Å². The van der Waals surface area contributed by atoms with E-state index in [1.165, 1.54) is 15.3 Å². The molecule has 1 atom stereocenters. The number of benzene rings is 1. The van der Waals surface area contributed by atoms with Crippen molar-refractivity contribution in [2.24, 2.45) is 18.9 Å². The van der Waals surface area contributed by atoms with Crippen LogP contribution in [0.25, 0.3) is 16.7 Å². The second-order valence-electron chi connectivity index (χ2n) is 17.6. The zero-order chi connectivity index (χ0) is 43.6. The topological polar surface area (TPSA) is 178 Å². The number of hydrogen-bond donors (Lipinski definition) is 3. The van der Waals surface area contributed by atoms with Gasteiger partial charge in [-0.2, -0.15) is 10.2 Å². The first-order valence-corrected chi connectivity index (χ1v) is 22.4. The molecular weight excluding hydrogens is 815 g/mol. The molecule has 3 saturated heterocycles. The van der Waals surface area contributed by atoms with Gasteiger partial charge in [-0.1, -0.05) is 12.1 Å². The second-order valence-corrected chi connectivity index (χ2v) is 17.6. The standard InChI is InChI=1S/C44H56F2N12O5/c1-53-39-30(4-2-6-34(39)58(44(53)62)35-11-12-37(59)51-43(35)61)5-3-23-63-27-29-13-18-54(19-14-29)25-28-7-9-31(10-8-28)57-26-33(38(52-57)40(45)46)49-42(60)32-24-48-56-20-15-36(50-41(32)56)55-21-16-47-17-22-55/h2,4,6,15,20,24,26,28-29,31,35,40,47H,3,5,7-14,16-19,21-23,25,27H2,1H3,(H,49,60)(H,51,59,61)/t28-,31-,35?. The van der Waals surface area contributed by atoms with Crippen LogP contribution in [0.1, 0.15) is 97.9 Å². The first kappa shape index (κ1) is 42.8. The highest BCUT2D eigenvalue weighted by atomic mass is 19.3. The number of nitrogens with zero attached hydrogens (tertiary/aromatic N) is 9. The van der Waals surface area contributed by atoms with Crippen LogP contribution in [0, 0.1) is 11.8 Å². The summed E-state index contributed by atoms with van der Waals surface area (Å²) in [5, 5.41) is 16.9. The third kappa shape index (κ3) is 9.13. The van der Waals surface area contributed by atoms with E-state index in [1.807, 2.05) is 24.3 Å². The molecule has 4 aromatic heterocycles. The molecule has 5 aromatic rings. The number of piperidine rings is 2. The van der Waals surface area contributed by atoms with Crippen LogP contribution in [-0.2, 0) is 27.8 Å². The highest BCUT2D eigenvalue weighted by molar-refractivity contribution is 6.08. The van der Waals surface area contributed by atoms with Crippen molar-refractivity contribution >= 4 is 45.9 Å². The molecule has 0 bridgehead atoms. The Labute approximate surface area is 363 Å². The van der Waals surface area contributed by atoms with Crippen molar-refractivity contribution in [1.82, 2.24) is 49.0 Å². The Morgan fingerprint density at radius 3 is 2.54 bits per heavy atom. The number of piperazine rings is 1. The summed E-state index contributed by atoms with van der Waals surface area (Å²) in [4.78, 5) is 60.4. The number of para-hydroxylation sites is 1. The second kappa shape index (κ2) is 18.7. The normalized spacial score (nSPS) is 21.8. The van der Waals surface area contributed by atoms with E-state index in [2.05, 4.69) is 35.9 Å². The van der Waals surface area contributed by atoms with Crippen molar-refractivity contribution < 1.29 is 27.9 Å². The summed E-state index contributed by atoms with van der Waals surface area (Å²) in [5.41, 5.74) is 2.41. The number of imidazole rings is 1. The van der Waals surface area contributed by atoms with Crippen LogP contribution in [-0.4, -0.2) is 115 Å². The molecule has 1 aromatic carbocycles. The number of anilines is 2. The molecule has 3 amide bonds. The SMILES string of the molecule is Cn1c(=O)n(C2CCC(=O)NC2=O)c2cccc(CCCOCC3CCN(C[C@H]4CC[C@H](n5cc(NC(=O)c6cnn7ccc(N8CCNCC8)nc67)c(C(F)F)n5)CC4)CC3)c21. The Kier molecular flexibility index (Phi) is 12.7. The molecule has 0 radical (unpaired) electrons. The van der Waals surface area contributed by atoms with Crippen molar-refractivity contribution in [3.8, 4) is 0 Å². The molecule has 7 heterocycles. The molecule has 19 heteroatoms. The fourth-order valence-electron chi connectivity index (χ4n) is 9.99. The average molecular weight is 871 g/mol. The van der Waals surface area contributed by atoms with Crippen LogP contribution in [0.4, 0.5) is 20.3 Å². The minimum Gasteiger partial charge on any atom is -0.381 e. The number of amides is 3. The monoisotopic (exact) mass is 870 g/mol. The van der Waals surface area contributed by atoms with E-state index < -0.39 is 30.0 Å². The summed E-state index contributed by atoms with van der Waals surface area (Å²) in [6.07, 6.45) is 9.68. The van der Waals surface area contributed by atoms with Gasteiger partial charge in [0.25, 0.3) is 12.3 Å². The lowest BCUT2D eigenvalue weighted by atomic mass is 9.85. The number of hydrogen-bond acceptors (Lipinski definition) is 11. The summed E-state index contributed by atoms with van der Waals surface area (Å²) in [7, 11) is 1.73. The van der Waals surface area contributed by atoms with E-state index in [-0.39, 0.29) is 35.3 Å². The molecule has 17 nitrogen and oxygen atoms in total. The van der Waals surface area contributed by atoms with Gasteiger partial charge in [0.2, 0.25) is 11.8 Å². The van der Waals surface area contributed by atoms with Crippen molar-refractivity contribution in [2.75, 3.05) is 69.2 Å². The van der Waals surface area contributed by atoms with Crippen LogP contribution in [0.3, 0.4) is 0 Å². The summed E-state index contributed by atoms with van der Waals surface area (Å²) in [5.74, 6) is 0.457. The fourth-order valence-corrected chi connectivity index (χ4v) is 9.99. The molecule has 3 N–H and O–H groups in total. The van der Waals surface area contributed by atoms with Gasteiger partial charge in [-0.05, 0) is 100 Å². The molecule has 1 unspecified atom stereocenters. The summed E-state index contributed by atoms with van der Waals surface area (Å²) >= 11 is 0.